The molecule has 0 saturated carbocycles. The van der Waals surface area contributed by atoms with Crippen molar-refractivity contribution in [3.63, 3.8) is 0 Å². The van der Waals surface area contributed by atoms with Crippen molar-refractivity contribution in [3.8, 4) is 0 Å². The van der Waals surface area contributed by atoms with Gasteiger partial charge in [0.1, 0.15) is 4.86 Å². The van der Waals surface area contributed by atoms with Crippen LogP contribution in [0.25, 0.3) is 0 Å². The molecule has 1 aliphatic rings. The van der Waals surface area contributed by atoms with Crippen LogP contribution < -0.4 is 0 Å². The van der Waals surface area contributed by atoms with Crippen LogP contribution in [0.3, 0.4) is 0 Å². The predicted octanol–water partition coefficient (Wildman–Crippen LogP) is 2.87. The quantitative estimate of drug-likeness (QED) is 0.840. The monoisotopic (exact) mass is 254 g/mol. The molecule has 0 aliphatic heterocycles. The molecule has 0 radical (unpaired) electrons. The third kappa shape index (κ3) is 2.33. The van der Waals surface area contributed by atoms with E-state index in [0.717, 1.165) is 23.6 Å². The van der Waals surface area contributed by atoms with Gasteiger partial charge in [-0.1, -0.05) is 25.6 Å². The Balaban J connectivity index is 2.06. The van der Waals surface area contributed by atoms with E-state index < -0.39 is 5.97 Å². The molecule has 0 aromatic carbocycles. The Kier molecular flexibility index (Phi) is 3.40. The third-order valence-electron chi connectivity index (χ3n) is 3.08. The first-order valence-electron chi connectivity index (χ1n) is 5.46. The molecular formula is C12H14O2S2. The fourth-order valence-corrected chi connectivity index (χ4v) is 3.70. The maximum Gasteiger partial charge on any atom is 0.342 e. The fraction of sp³-hybridized carbons (Fsp3) is 0.500. The minimum absolute atomic E-state index is 0.118. The van der Waals surface area contributed by atoms with E-state index in [2.05, 4.69) is 13.0 Å². The number of fused-ring (bicyclic) bond motifs is 1. The molecule has 1 heterocycles. The van der Waals surface area contributed by atoms with E-state index in [1.165, 1.54) is 16.9 Å². The van der Waals surface area contributed by atoms with Crippen LogP contribution in [0.2, 0.25) is 0 Å². The topological polar surface area (TPSA) is 37.3 Å². The second-order valence-corrected chi connectivity index (χ2v) is 5.96. The van der Waals surface area contributed by atoms with E-state index >= 15 is 0 Å². The summed E-state index contributed by atoms with van der Waals surface area (Å²) in [6.45, 7) is 2.22. The van der Waals surface area contributed by atoms with Crippen LogP contribution in [0, 0.1) is 5.92 Å². The van der Waals surface area contributed by atoms with Gasteiger partial charge in [-0.05, 0) is 30.4 Å². The number of rotatable bonds is 4. The third-order valence-corrected chi connectivity index (χ3v) is 4.60. The summed E-state index contributed by atoms with van der Waals surface area (Å²) < 4.78 is 0. The smallest absolute Gasteiger partial charge is 0.342 e. The fourth-order valence-electron chi connectivity index (χ4n) is 2.13. The summed E-state index contributed by atoms with van der Waals surface area (Å²) >= 11 is 6.56. The molecule has 1 N–H and O–H groups in total. The van der Waals surface area contributed by atoms with Gasteiger partial charge in [0.15, 0.2) is 0 Å². The molecule has 2 rings (SSSR count). The normalized spacial score (nSPS) is 18.4. The second-order valence-electron chi connectivity index (χ2n) is 4.25. The first-order valence-corrected chi connectivity index (χ1v) is 6.69. The molecule has 86 valence electrons. The molecule has 2 nitrogen and oxygen atoms in total. The molecular weight excluding hydrogens is 240 g/mol. The van der Waals surface area contributed by atoms with Crippen molar-refractivity contribution in [2.45, 2.75) is 32.6 Å². The Morgan fingerprint density at radius 1 is 1.62 bits per heavy atom. The maximum atomic E-state index is 10.6. The predicted molar refractivity (Wildman–Crippen MR) is 69.4 cm³/mol. The lowest BCUT2D eigenvalue weighted by atomic mass is 10.0. The lowest BCUT2D eigenvalue weighted by molar-refractivity contribution is -0.129. The Labute approximate surface area is 104 Å². The van der Waals surface area contributed by atoms with E-state index in [9.17, 15) is 4.79 Å². The SMILES string of the molecule is CCC1Cc2cc(CC(=S)C(=O)O)sc2C1. The lowest BCUT2D eigenvalue weighted by Crippen LogP contribution is -2.11. The average Bonchev–Trinajstić information content (AvgIpc) is 2.74. The number of hydrogen-bond acceptors (Lipinski definition) is 3. The standard InChI is InChI=1S/C12H14O2S2/c1-2-7-3-8-5-9(16-11(8)4-7)6-10(15)12(13)14/h5,7H,2-4,6H2,1H3,(H,13,14). The first-order chi connectivity index (χ1) is 7.60. The molecule has 0 fully saturated rings. The Bertz CT molecular complexity index is 411. The van der Waals surface area contributed by atoms with Crippen LogP contribution in [0.4, 0.5) is 0 Å². The average molecular weight is 254 g/mol. The van der Waals surface area contributed by atoms with Crippen molar-refractivity contribution < 1.29 is 9.90 Å². The summed E-state index contributed by atoms with van der Waals surface area (Å²) in [4.78, 5) is 13.3. The van der Waals surface area contributed by atoms with Crippen molar-refractivity contribution >= 4 is 34.4 Å². The van der Waals surface area contributed by atoms with Crippen LogP contribution in [-0.2, 0) is 24.1 Å². The summed E-state index contributed by atoms with van der Waals surface area (Å²) in [5.74, 6) is -0.170. The van der Waals surface area contributed by atoms with Gasteiger partial charge in [-0.25, -0.2) is 4.79 Å². The summed E-state index contributed by atoms with van der Waals surface area (Å²) in [6.07, 6.45) is 3.96. The molecule has 1 atom stereocenters. The number of aliphatic carboxylic acids is 1. The Morgan fingerprint density at radius 3 is 2.94 bits per heavy atom. The first kappa shape index (κ1) is 11.7. The van der Waals surface area contributed by atoms with Crippen LogP contribution in [0.1, 0.15) is 28.7 Å². The summed E-state index contributed by atoms with van der Waals surface area (Å²) in [5, 5.41) is 8.73. The Morgan fingerprint density at radius 2 is 2.38 bits per heavy atom. The van der Waals surface area contributed by atoms with E-state index in [1.54, 1.807) is 11.3 Å². The highest BCUT2D eigenvalue weighted by Crippen LogP contribution is 2.35. The van der Waals surface area contributed by atoms with E-state index in [0.29, 0.717) is 6.42 Å². The molecule has 1 aromatic rings. The van der Waals surface area contributed by atoms with Crippen LogP contribution in [0.5, 0.6) is 0 Å². The molecule has 0 amide bonds. The molecule has 4 heteroatoms. The van der Waals surface area contributed by atoms with Gasteiger partial charge in [-0.2, -0.15) is 0 Å². The van der Waals surface area contributed by atoms with Crippen molar-refractivity contribution in [2.24, 2.45) is 5.92 Å². The molecule has 1 aliphatic carbocycles. The number of hydrogen-bond donors (Lipinski definition) is 1. The van der Waals surface area contributed by atoms with Crippen LogP contribution in [-0.4, -0.2) is 15.9 Å². The molecule has 1 aromatic heterocycles. The summed E-state index contributed by atoms with van der Waals surface area (Å²) in [7, 11) is 0. The van der Waals surface area contributed by atoms with Gasteiger partial charge in [0.2, 0.25) is 0 Å². The molecule has 0 saturated heterocycles. The van der Waals surface area contributed by atoms with Crippen molar-refractivity contribution in [2.75, 3.05) is 0 Å². The zero-order chi connectivity index (χ0) is 11.7. The zero-order valence-corrected chi connectivity index (χ0v) is 10.8. The van der Waals surface area contributed by atoms with E-state index in [1.807, 2.05) is 0 Å². The van der Waals surface area contributed by atoms with Gasteiger partial charge in [0.05, 0.1) is 0 Å². The largest absolute Gasteiger partial charge is 0.477 e. The number of thiocarbonyl (C=S) groups is 1. The van der Waals surface area contributed by atoms with Gasteiger partial charge >= 0.3 is 5.97 Å². The minimum Gasteiger partial charge on any atom is -0.477 e. The molecule has 0 bridgehead atoms. The zero-order valence-electron chi connectivity index (χ0n) is 9.16. The molecule has 16 heavy (non-hydrogen) atoms. The van der Waals surface area contributed by atoms with Gasteiger partial charge in [0, 0.05) is 16.2 Å². The van der Waals surface area contributed by atoms with Crippen LogP contribution >= 0.6 is 23.6 Å². The van der Waals surface area contributed by atoms with Crippen molar-refractivity contribution in [1.29, 1.82) is 0 Å². The molecule has 1 unspecified atom stereocenters. The van der Waals surface area contributed by atoms with Gasteiger partial charge in [0.25, 0.3) is 0 Å². The van der Waals surface area contributed by atoms with Crippen molar-refractivity contribution in [3.05, 3.63) is 21.4 Å². The maximum absolute atomic E-state index is 10.6. The second kappa shape index (κ2) is 4.63. The highest BCUT2D eigenvalue weighted by atomic mass is 32.1. The summed E-state index contributed by atoms with van der Waals surface area (Å²) in [6, 6.07) is 2.14. The van der Waals surface area contributed by atoms with Crippen LogP contribution in [0.15, 0.2) is 6.07 Å². The van der Waals surface area contributed by atoms with Crippen molar-refractivity contribution in [1.82, 2.24) is 0 Å². The van der Waals surface area contributed by atoms with E-state index in [4.69, 9.17) is 17.3 Å². The highest BCUT2D eigenvalue weighted by molar-refractivity contribution is 7.82. The van der Waals surface area contributed by atoms with Gasteiger partial charge in [-0.3, -0.25) is 0 Å². The van der Waals surface area contributed by atoms with E-state index in [-0.39, 0.29) is 4.86 Å². The number of carboxylic acids is 1. The van der Waals surface area contributed by atoms with Gasteiger partial charge < -0.3 is 5.11 Å². The summed E-state index contributed by atoms with van der Waals surface area (Å²) in [5.41, 5.74) is 1.42. The number of carbonyl (C=O) groups is 1. The van der Waals surface area contributed by atoms with Gasteiger partial charge in [-0.15, -0.1) is 11.3 Å². The number of thiophene rings is 1. The Hall–Kier alpha value is -0.740. The molecule has 0 spiro atoms. The lowest BCUT2D eigenvalue weighted by Gasteiger charge is -2.03. The number of carboxylic acid groups (broad SMARTS) is 1. The highest BCUT2D eigenvalue weighted by Gasteiger charge is 2.23. The minimum atomic E-state index is -0.963.